The lowest BCUT2D eigenvalue weighted by Crippen LogP contribution is -2.39. The number of pyridine rings is 1. The van der Waals surface area contributed by atoms with Gasteiger partial charge in [0.05, 0.1) is 10.9 Å². The van der Waals surface area contributed by atoms with Crippen LogP contribution >= 0.6 is 0 Å². The molecule has 2 saturated heterocycles. The highest BCUT2D eigenvalue weighted by molar-refractivity contribution is 6.04. The number of halogens is 3. The van der Waals surface area contributed by atoms with Gasteiger partial charge >= 0.3 is 12.3 Å². The van der Waals surface area contributed by atoms with Gasteiger partial charge in [-0.15, -0.1) is 0 Å². The van der Waals surface area contributed by atoms with Crippen molar-refractivity contribution in [3.8, 4) is 11.3 Å². The number of carbonyl (C=O) groups excluding carboxylic acids is 2. The van der Waals surface area contributed by atoms with E-state index in [0.717, 1.165) is 34.5 Å². The SMILES string of the molecule is O=C(OCc1ccccc1)N1CCC2(CCN(c3ccc4c(c3)c(-c3ccnc(C(F)(F)F)c3)nn4C(c3ccccc3)(c3ccccc3)c3ccccc3)C2=O)C1. The van der Waals surface area contributed by atoms with Gasteiger partial charge < -0.3 is 14.5 Å². The topological polar surface area (TPSA) is 80.6 Å². The van der Waals surface area contributed by atoms with E-state index < -0.39 is 28.9 Å². The Morgan fingerprint density at radius 3 is 1.91 bits per heavy atom. The van der Waals surface area contributed by atoms with Gasteiger partial charge in [-0.25, -0.2) is 9.48 Å². The zero-order valence-electron chi connectivity index (χ0n) is 31.3. The molecule has 9 rings (SSSR count). The second kappa shape index (κ2) is 14.6. The van der Waals surface area contributed by atoms with Crippen LogP contribution in [0.2, 0.25) is 0 Å². The van der Waals surface area contributed by atoms with Gasteiger partial charge in [-0.05, 0) is 65.4 Å². The highest BCUT2D eigenvalue weighted by atomic mass is 19.4. The van der Waals surface area contributed by atoms with E-state index in [2.05, 4.69) is 4.98 Å². The number of rotatable bonds is 8. The summed E-state index contributed by atoms with van der Waals surface area (Å²) in [5.41, 5.74) is 2.46. The van der Waals surface area contributed by atoms with E-state index in [0.29, 0.717) is 48.2 Å². The molecule has 1 spiro atoms. The minimum absolute atomic E-state index is 0.102. The third-order valence-corrected chi connectivity index (χ3v) is 11.5. The van der Waals surface area contributed by atoms with Gasteiger partial charge in [0.2, 0.25) is 5.91 Å². The zero-order chi connectivity index (χ0) is 39.9. The monoisotopic (exact) mass is 777 g/mol. The average Bonchev–Trinajstić information content (AvgIpc) is 3.97. The van der Waals surface area contributed by atoms with E-state index >= 15 is 0 Å². The summed E-state index contributed by atoms with van der Waals surface area (Å²) < 4.78 is 49.9. The first-order valence-corrected chi connectivity index (χ1v) is 19.2. The van der Waals surface area contributed by atoms with E-state index in [1.54, 1.807) is 9.80 Å². The number of likely N-dealkylation sites (tertiary alicyclic amines) is 1. The van der Waals surface area contributed by atoms with Crippen LogP contribution in [0.1, 0.15) is 40.8 Å². The maximum absolute atomic E-state index is 14.4. The van der Waals surface area contributed by atoms with E-state index in [1.807, 2.05) is 144 Å². The molecule has 2 aliphatic heterocycles. The molecule has 4 heterocycles. The fraction of sp³-hybridized carbons (Fsp3) is 0.191. The number of alkyl halides is 3. The minimum Gasteiger partial charge on any atom is -0.445 e. The third-order valence-electron chi connectivity index (χ3n) is 11.5. The Balaban J connectivity index is 1.16. The van der Waals surface area contributed by atoms with Crippen molar-refractivity contribution >= 4 is 28.6 Å². The van der Waals surface area contributed by atoms with Crippen molar-refractivity contribution in [2.75, 3.05) is 24.5 Å². The number of hydrogen-bond donors (Lipinski definition) is 0. The standard InChI is InChI=1S/C47H38F3N5O3/c48-47(49,50)41-29-34(23-26-51-41)42-39-30-38(54-28-25-45(43(54)56)24-27-53(32-45)44(57)58-31-33-13-5-1-6-14-33)21-22-40(39)55(52-42)46(35-15-7-2-8-16-35,36-17-9-3-10-18-36)37-19-11-4-12-20-37/h1-23,26,29-30H,24-25,27-28,31-32H2. The molecule has 290 valence electrons. The number of aromatic nitrogens is 3. The first-order chi connectivity index (χ1) is 28.2. The summed E-state index contributed by atoms with van der Waals surface area (Å²) in [6, 6.07) is 47.4. The van der Waals surface area contributed by atoms with Gasteiger partial charge in [0.15, 0.2) is 0 Å². The fourth-order valence-electron chi connectivity index (χ4n) is 8.67. The molecule has 0 aliphatic carbocycles. The number of nitrogens with zero attached hydrogens (tertiary/aromatic N) is 5. The maximum atomic E-state index is 14.4. The lowest BCUT2D eigenvalue weighted by atomic mass is 9.77. The first kappa shape index (κ1) is 36.9. The molecule has 11 heteroatoms. The summed E-state index contributed by atoms with van der Waals surface area (Å²) in [7, 11) is 0. The predicted molar refractivity (Wildman–Crippen MR) is 215 cm³/mol. The van der Waals surface area contributed by atoms with Crippen molar-refractivity contribution in [1.82, 2.24) is 19.7 Å². The molecule has 1 atom stereocenters. The first-order valence-electron chi connectivity index (χ1n) is 19.2. The van der Waals surface area contributed by atoms with E-state index in [-0.39, 0.29) is 24.6 Å². The minimum atomic E-state index is -4.68. The van der Waals surface area contributed by atoms with Gasteiger partial charge in [0.25, 0.3) is 0 Å². The predicted octanol–water partition coefficient (Wildman–Crippen LogP) is 9.72. The maximum Gasteiger partial charge on any atom is 0.433 e. The smallest absolute Gasteiger partial charge is 0.433 e. The molecule has 2 amide bonds. The quantitative estimate of drug-likeness (QED) is 0.144. The van der Waals surface area contributed by atoms with Crippen LogP contribution < -0.4 is 4.90 Å². The summed E-state index contributed by atoms with van der Waals surface area (Å²) >= 11 is 0. The van der Waals surface area contributed by atoms with E-state index in [4.69, 9.17) is 9.84 Å². The van der Waals surface area contributed by atoms with Gasteiger partial charge in [-0.2, -0.15) is 18.3 Å². The lowest BCUT2D eigenvalue weighted by molar-refractivity contribution is -0.141. The molecule has 8 nitrogen and oxygen atoms in total. The second-order valence-electron chi connectivity index (χ2n) is 14.9. The Morgan fingerprint density at radius 1 is 0.724 bits per heavy atom. The van der Waals surface area contributed by atoms with Gasteiger partial charge in [-0.1, -0.05) is 121 Å². The van der Waals surface area contributed by atoms with E-state index in [1.165, 1.54) is 6.07 Å². The zero-order valence-corrected chi connectivity index (χ0v) is 31.3. The summed E-state index contributed by atoms with van der Waals surface area (Å²) in [6.07, 6.45) is -2.95. The van der Waals surface area contributed by atoms with Crippen molar-refractivity contribution in [3.63, 3.8) is 0 Å². The summed E-state index contributed by atoms with van der Waals surface area (Å²) in [5, 5.41) is 5.84. The molecule has 2 aliphatic rings. The van der Waals surface area contributed by atoms with Crippen LogP contribution in [-0.4, -0.2) is 51.3 Å². The van der Waals surface area contributed by atoms with E-state index in [9.17, 15) is 22.8 Å². The number of anilines is 1. The molecule has 58 heavy (non-hydrogen) atoms. The van der Waals surface area contributed by atoms with Crippen LogP contribution in [0.4, 0.5) is 23.7 Å². The molecule has 0 N–H and O–H groups in total. The van der Waals surface area contributed by atoms with Crippen LogP contribution in [-0.2, 0) is 27.9 Å². The van der Waals surface area contributed by atoms with Crippen LogP contribution in [0, 0.1) is 5.41 Å². The number of hydrogen-bond acceptors (Lipinski definition) is 5. The Morgan fingerprint density at radius 2 is 1.31 bits per heavy atom. The van der Waals surface area contributed by atoms with Crippen molar-refractivity contribution in [2.24, 2.45) is 5.41 Å². The van der Waals surface area contributed by atoms with Crippen molar-refractivity contribution < 1.29 is 27.5 Å². The van der Waals surface area contributed by atoms with Crippen LogP contribution in [0.5, 0.6) is 0 Å². The Kier molecular flexibility index (Phi) is 9.30. The number of fused-ring (bicyclic) bond motifs is 1. The highest BCUT2D eigenvalue weighted by Gasteiger charge is 2.52. The van der Waals surface area contributed by atoms with Gasteiger partial charge in [0, 0.05) is 42.5 Å². The number of amides is 2. The second-order valence-corrected chi connectivity index (χ2v) is 14.9. The van der Waals surface area contributed by atoms with Crippen molar-refractivity contribution in [3.05, 3.63) is 186 Å². The van der Waals surface area contributed by atoms with Crippen LogP contribution in [0.15, 0.2) is 158 Å². The van der Waals surface area contributed by atoms with Crippen molar-refractivity contribution in [1.29, 1.82) is 0 Å². The van der Waals surface area contributed by atoms with Gasteiger partial charge in [0.1, 0.15) is 23.5 Å². The third kappa shape index (κ3) is 6.36. The number of benzene rings is 5. The number of carbonyl (C=O) groups is 2. The Hall–Kier alpha value is -6.75. The molecule has 0 bridgehead atoms. The molecule has 7 aromatic rings. The summed E-state index contributed by atoms with van der Waals surface area (Å²) in [5.74, 6) is -0.102. The summed E-state index contributed by atoms with van der Waals surface area (Å²) in [4.78, 5) is 34.5. The molecular weight excluding hydrogens is 740 g/mol. The highest BCUT2D eigenvalue weighted by Crippen LogP contribution is 2.47. The van der Waals surface area contributed by atoms with Crippen LogP contribution in [0.3, 0.4) is 0 Å². The van der Waals surface area contributed by atoms with Gasteiger partial charge in [-0.3, -0.25) is 9.78 Å². The molecule has 0 saturated carbocycles. The Bertz CT molecular complexity index is 2510. The fourth-order valence-corrected chi connectivity index (χ4v) is 8.67. The van der Waals surface area contributed by atoms with Crippen molar-refractivity contribution in [2.45, 2.75) is 31.2 Å². The largest absolute Gasteiger partial charge is 0.445 e. The molecular formula is C47H38F3N5O3. The molecule has 2 aromatic heterocycles. The lowest BCUT2D eigenvalue weighted by Gasteiger charge is -2.37. The molecule has 2 fully saturated rings. The molecule has 5 aromatic carbocycles. The normalized spacial score (nSPS) is 17.1. The summed E-state index contributed by atoms with van der Waals surface area (Å²) in [6.45, 7) is 1.19. The Labute approximate surface area is 333 Å². The number of ether oxygens (including phenoxy) is 1. The molecule has 0 radical (unpaired) electrons. The molecule has 1 unspecified atom stereocenters. The van der Waals surface area contributed by atoms with Crippen LogP contribution in [0.25, 0.3) is 22.2 Å². The average molecular weight is 778 g/mol.